The molecule has 1 aliphatic carbocycles. The highest BCUT2D eigenvalue weighted by molar-refractivity contribution is 6.00. The Morgan fingerprint density at radius 2 is 2.12 bits per heavy atom. The number of hydrogen-bond donors (Lipinski definition) is 2. The number of pyridine rings is 2. The molecule has 0 unspecified atom stereocenters. The number of nitrogens with two attached hydrogens (primary N) is 1. The van der Waals surface area contributed by atoms with E-state index in [0.717, 1.165) is 31.2 Å². The second-order valence-corrected chi connectivity index (χ2v) is 6.87. The van der Waals surface area contributed by atoms with Crippen LogP contribution in [0.5, 0.6) is 0 Å². The Morgan fingerprint density at radius 3 is 2.81 bits per heavy atom. The standard InChI is InChI=1S/C19H21N5O2/c1-11-6-5-9-23-16(11)22-17-14(19(23)26)10-13(18(25)21-2)15(20)24(17)12-7-3-4-8-12/h5-6,9-10,12,20H,3-4,7-8H2,1-2H3,(H,21,25)/p+1. The molecule has 3 aromatic heterocycles. The predicted molar refractivity (Wildman–Crippen MR) is 99.2 cm³/mol. The van der Waals surface area contributed by atoms with Gasteiger partial charge in [-0.3, -0.25) is 14.0 Å². The third-order valence-electron chi connectivity index (χ3n) is 5.28. The highest BCUT2D eigenvalue weighted by Gasteiger charge is 2.30. The van der Waals surface area contributed by atoms with E-state index in [2.05, 4.69) is 5.32 Å². The highest BCUT2D eigenvalue weighted by atomic mass is 16.1. The summed E-state index contributed by atoms with van der Waals surface area (Å²) in [5, 5.41) is 3.02. The van der Waals surface area contributed by atoms with Crippen molar-refractivity contribution in [2.45, 2.75) is 38.6 Å². The van der Waals surface area contributed by atoms with Crippen LogP contribution in [0.1, 0.15) is 47.6 Å². The number of aryl methyl sites for hydroxylation is 1. The van der Waals surface area contributed by atoms with Gasteiger partial charge in [-0.15, -0.1) is 0 Å². The number of anilines is 1. The second kappa shape index (κ2) is 6.09. The Morgan fingerprint density at radius 1 is 1.38 bits per heavy atom. The lowest BCUT2D eigenvalue weighted by atomic mass is 10.1. The highest BCUT2D eigenvalue weighted by Crippen LogP contribution is 2.28. The van der Waals surface area contributed by atoms with Gasteiger partial charge >= 0.3 is 0 Å². The van der Waals surface area contributed by atoms with Gasteiger partial charge in [-0.2, -0.15) is 0 Å². The van der Waals surface area contributed by atoms with E-state index < -0.39 is 0 Å². The summed E-state index contributed by atoms with van der Waals surface area (Å²) in [4.78, 5) is 30.2. The van der Waals surface area contributed by atoms with Crippen LogP contribution in [0, 0.1) is 6.92 Å². The fourth-order valence-electron chi connectivity index (χ4n) is 3.92. The van der Waals surface area contributed by atoms with Crippen molar-refractivity contribution < 1.29 is 9.36 Å². The maximum Gasteiger partial charge on any atom is 0.278 e. The molecule has 1 saturated carbocycles. The Kier molecular flexibility index (Phi) is 3.86. The zero-order valence-electron chi connectivity index (χ0n) is 15.0. The molecule has 0 aliphatic heterocycles. The molecule has 4 rings (SSSR count). The maximum absolute atomic E-state index is 13.1. The van der Waals surface area contributed by atoms with Crippen LogP contribution in [0.2, 0.25) is 0 Å². The zero-order chi connectivity index (χ0) is 18.4. The molecule has 0 bridgehead atoms. The Balaban J connectivity index is 2.18. The lowest BCUT2D eigenvalue weighted by molar-refractivity contribution is -0.685. The molecule has 1 amide bonds. The molecule has 1 aliphatic rings. The molecule has 0 saturated heterocycles. The Labute approximate surface area is 150 Å². The summed E-state index contributed by atoms with van der Waals surface area (Å²) in [6, 6.07) is 5.47. The predicted octanol–water partition coefficient (Wildman–Crippen LogP) is 1.50. The molecule has 0 radical (unpaired) electrons. The molecule has 7 nitrogen and oxygen atoms in total. The minimum atomic E-state index is -0.301. The molecule has 3 N–H and O–H groups in total. The van der Waals surface area contributed by atoms with Crippen molar-refractivity contribution in [1.29, 1.82) is 0 Å². The fraction of sp³-hybridized carbons (Fsp3) is 0.368. The van der Waals surface area contributed by atoms with E-state index >= 15 is 0 Å². The van der Waals surface area contributed by atoms with Gasteiger partial charge in [-0.1, -0.05) is 11.1 Å². The molecule has 3 heterocycles. The number of carbonyl (C=O) groups excluding carboxylic acids is 1. The number of rotatable bonds is 2. The van der Waals surface area contributed by atoms with E-state index in [0.29, 0.717) is 28.1 Å². The van der Waals surface area contributed by atoms with Crippen LogP contribution >= 0.6 is 0 Å². The first kappa shape index (κ1) is 16.5. The van der Waals surface area contributed by atoms with E-state index in [4.69, 9.17) is 10.7 Å². The first-order valence-corrected chi connectivity index (χ1v) is 8.90. The summed E-state index contributed by atoms with van der Waals surface area (Å²) < 4.78 is 3.43. The van der Waals surface area contributed by atoms with E-state index in [1.807, 2.05) is 23.6 Å². The summed E-state index contributed by atoms with van der Waals surface area (Å²) in [5.74, 6) is 0.0680. The van der Waals surface area contributed by atoms with Crippen molar-refractivity contribution >= 4 is 28.4 Å². The number of hydrogen-bond acceptors (Lipinski definition) is 4. The molecule has 0 spiro atoms. The van der Waals surface area contributed by atoms with Gasteiger partial charge in [0.2, 0.25) is 11.5 Å². The van der Waals surface area contributed by atoms with Crippen molar-refractivity contribution in [3.8, 4) is 0 Å². The summed E-state index contributed by atoms with van der Waals surface area (Å²) in [7, 11) is 1.56. The van der Waals surface area contributed by atoms with Gasteiger partial charge < -0.3 is 11.1 Å². The van der Waals surface area contributed by atoms with Crippen LogP contribution in [-0.2, 0) is 0 Å². The summed E-state index contributed by atoms with van der Waals surface area (Å²) in [6.45, 7) is 1.93. The summed E-state index contributed by atoms with van der Waals surface area (Å²) >= 11 is 0. The van der Waals surface area contributed by atoms with Gasteiger partial charge in [0, 0.05) is 18.8 Å². The first-order valence-electron chi connectivity index (χ1n) is 8.90. The molecular formula is C19H22N5O2+. The lowest BCUT2D eigenvalue weighted by Crippen LogP contribution is -2.45. The molecule has 26 heavy (non-hydrogen) atoms. The minimum Gasteiger partial charge on any atom is -0.355 e. The molecule has 1 fully saturated rings. The van der Waals surface area contributed by atoms with Crippen molar-refractivity contribution in [2.75, 3.05) is 12.8 Å². The molecule has 0 aromatic carbocycles. The molecular weight excluding hydrogens is 330 g/mol. The Hall–Kier alpha value is -2.96. The van der Waals surface area contributed by atoms with E-state index in [-0.39, 0.29) is 17.5 Å². The van der Waals surface area contributed by atoms with Crippen molar-refractivity contribution in [3.63, 3.8) is 0 Å². The number of carbonyl (C=O) groups is 1. The fourth-order valence-corrected chi connectivity index (χ4v) is 3.92. The zero-order valence-corrected chi connectivity index (χ0v) is 15.0. The van der Waals surface area contributed by atoms with E-state index in [9.17, 15) is 9.59 Å². The van der Waals surface area contributed by atoms with Crippen molar-refractivity contribution in [3.05, 3.63) is 45.9 Å². The number of amides is 1. The smallest absolute Gasteiger partial charge is 0.278 e. The normalized spacial score (nSPS) is 15.0. The number of nitrogens with zero attached hydrogens (tertiary/aromatic N) is 3. The average molecular weight is 352 g/mol. The monoisotopic (exact) mass is 352 g/mol. The van der Waals surface area contributed by atoms with Gasteiger partial charge in [-0.05, 0) is 44.7 Å². The molecule has 7 heteroatoms. The van der Waals surface area contributed by atoms with Crippen LogP contribution in [0.15, 0.2) is 29.2 Å². The van der Waals surface area contributed by atoms with Crippen LogP contribution in [0.25, 0.3) is 16.7 Å². The summed E-state index contributed by atoms with van der Waals surface area (Å²) in [5.41, 5.74) is 8.61. The third-order valence-corrected chi connectivity index (χ3v) is 5.28. The number of fused-ring (bicyclic) bond motifs is 2. The largest absolute Gasteiger partial charge is 0.355 e. The lowest BCUT2D eigenvalue weighted by Gasteiger charge is -2.16. The van der Waals surface area contributed by atoms with Crippen LogP contribution < -0.4 is 21.2 Å². The maximum atomic E-state index is 13.1. The average Bonchev–Trinajstić information content (AvgIpc) is 3.16. The molecule has 0 atom stereocenters. The summed E-state index contributed by atoms with van der Waals surface area (Å²) in [6.07, 6.45) is 5.85. The second-order valence-electron chi connectivity index (χ2n) is 6.87. The van der Waals surface area contributed by atoms with Crippen LogP contribution in [0.4, 0.5) is 5.82 Å². The van der Waals surface area contributed by atoms with Gasteiger partial charge in [0.25, 0.3) is 17.1 Å². The number of nitrogens with one attached hydrogen (secondary N) is 1. The third kappa shape index (κ3) is 2.34. The van der Waals surface area contributed by atoms with Crippen molar-refractivity contribution in [1.82, 2.24) is 14.7 Å². The van der Waals surface area contributed by atoms with Gasteiger partial charge in [0.1, 0.15) is 10.9 Å². The Bertz CT molecular complexity index is 1100. The van der Waals surface area contributed by atoms with Crippen molar-refractivity contribution in [2.24, 2.45) is 0 Å². The van der Waals surface area contributed by atoms with Gasteiger partial charge in [0.15, 0.2) is 0 Å². The quantitative estimate of drug-likeness (QED) is 0.540. The van der Waals surface area contributed by atoms with Crippen LogP contribution in [-0.4, -0.2) is 22.3 Å². The first-order chi connectivity index (χ1) is 12.5. The molecule has 134 valence electrons. The number of aromatic nitrogens is 3. The SMILES string of the molecule is CNC(=O)c1cc2c(=O)n3cccc(C)c3nc2[n+](C2CCCC2)c1N. The van der Waals surface area contributed by atoms with Gasteiger partial charge in [-0.25, -0.2) is 4.57 Å². The number of nitrogen functional groups attached to an aromatic ring is 1. The van der Waals surface area contributed by atoms with Crippen LogP contribution in [0.3, 0.4) is 0 Å². The van der Waals surface area contributed by atoms with E-state index in [1.165, 1.54) is 4.40 Å². The topological polar surface area (TPSA) is 93.4 Å². The van der Waals surface area contributed by atoms with E-state index in [1.54, 1.807) is 19.3 Å². The molecule has 3 aromatic rings. The minimum absolute atomic E-state index is 0.153. The van der Waals surface area contributed by atoms with Gasteiger partial charge in [0.05, 0.1) is 6.04 Å².